The normalized spacial score (nSPS) is 19.2. The topological polar surface area (TPSA) is 66.8 Å². The van der Waals surface area contributed by atoms with Crippen LogP contribution < -0.4 is 19.6 Å². The zero-order valence-electron chi connectivity index (χ0n) is 20.9. The van der Waals surface area contributed by atoms with Crippen LogP contribution in [0.5, 0.6) is 17.4 Å². The number of allylic oxidation sites excluding steroid dienone is 2. The van der Waals surface area contributed by atoms with Crippen molar-refractivity contribution in [3.63, 3.8) is 0 Å². The minimum atomic E-state index is -0.616. The number of para-hydroxylation sites is 1. The molecule has 0 bridgehead atoms. The van der Waals surface area contributed by atoms with Gasteiger partial charge in [-0.25, -0.2) is 0 Å². The molecule has 0 amide bonds. The summed E-state index contributed by atoms with van der Waals surface area (Å²) in [5.41, 5.74) is 2.75. The maximum atomic E-state index is 14.3. The lowest BCUT2D eigenvalue weighted by molar-refractivity contribution is -0.118. The Morgan fingerprint density at radius 2 is 1.71 bits per heavy atom. The van der Waals surface area contributed by atoms with Crippen molar-refractivity contribution in [2.75, 3.05) is 6.79 Å². The lowest BCUT2D eigenvalue weighted by atomic mass is 9.70. The van der Waals surface area contributed by atoms with Gasteiger partial charge in [-0.1, -0.05) is 49.7 Å². The molecule has 4 aromatic rings. The smallest absolute Gasteiger partial charge is 0.231 e. The van der Waals surface area contributed by atoms with Crippen LogP contribution in [0.25, 0.3) is 16.6 Å². The Morgan fingerprint density at radius 1 is 0.921 bits per heavy atom. The molecule has 0 saturated heterocycles. The molecular formula is C31H24ClNO5. The second kappa shape index (κ2) is 8.23. The number of carbonyl (C=O) groups excluding carboxylic acids is 1. The van der Waals surface area contributed by atoms with Gasteiger partial charge in [0.2, 0.25) is 12.7 Å². The van der Waals surface area contributed by atoms with E-state index < -0.39 is 5.92 Å². The Kier molecular flexibility index (Phi) is 5.01. The van der Waals surface area contributed by atoms with E-state index >= 15 is 0 Å². The third-order valence-corrected chi connectivity index (χ3v) is 7.78. The number of benzene rings is 3. The summed E-state index contributed by atoms with van der Waals surface area (Å²) in [7, 11) is 0. The maximum Gasteiger partial charge on any atom is 0.231 e. The zero-order chi connectivity index (χ0) is 26.2. The molecule has 3 heterocycles. The largest absolute Gasteiger partial charge is 0.454 e. The molecule has 0 radical (unpaired) electrons. The number of aromatic nitrogens is 1. The monoisotopic (exact) mass is 525 g/mol. The SMILES string of the molecule is CC1(C)CC(=O)C2=C(C1)Oc1c(c(=O)c3ccc(Cl)cc3n1-c1ccccc1)C2c1ccc2c(c1)OCO2. The number of nitrogens with zero attached hydrogens (tertiary/aromatic N) is 1. The summed E-state index contributed by atoms with van der Waals surface area (Å²) in [6.07, 6.45) is 0.951. The highest BCUT2D eigenvalue weighted by Crippen LogP contribution is 2.51. The maximum absolute atomic E-state index is 14.3. The molecule has 0 fully saturated rings. The number of rotatable bonds is 2. The Balaban J connectivity index is 1.60. The van der Waals surface area contributed by atoms with Gasteiger partial charge in [0.25, 0.3) is 0 Å². The Bertz CT molecular complexity index is 1750. The molecule has 0 spiro atoms. The predicted octanol–water partition coefficient (Wildman–Crippen LogP) is 6.54. The first-order chi connectivity index (χ1) is 18.3. The van der Waals surface area contributed by atoms with Gasteiger partial charge in [0.1, 0.15) is 5.76 Å². The van der Waals surface area contributed by atoms with Gasteiger partial charge in [0.05, 0.1) is 17.0 Å². The first kappa shape index (κ1) is 23.1. The van der Waals surface area contributed by atoms with Crippen LogP contribution in [-0.2, 0) is 4.79 Å². The van der Waals surface area contributed by atoms with E-state index in [2.05, 4.69) is 13.8 Å². The van der Waals surface area contributed by atoms with E-state index in [9.17, 15) is 9.59 Å². The molecule has 190 valence electrons. The van der Waals surface area contributed by atoms with E-state index in [0.717, 1.165) is 11.3 Å². The summed E-state index contributed by atoms with van der Waals surface area (Å²) < 4.78 is 19.8. The van der Waals surface area contributed by atoms with Crippen molar-refractivity contribution in [2.24, 2.45) is 5.41 Å². The van der Waals surface area contributed by atoms with Gasteiger partial charge in [-0.2, -0.15) is 0 Å². The highest BCUT2D eigenvalue weighted by Gasteiger charge is 2.44. The first-order valence-corrected chi connectivity index (χ1v) is 13.0. The van der Waals surface area contributed by atoms with Crippen molar-refractivity contribution >= 4 is 28.3 Å². The van der Waals surface area contributed by atoms with Gasteiger partial charge in [0, 0.05) is 34.5 Å². The van der Waals surface area contributed by atoms with Crippen LogP contribution in [0.4, 0.5) is 0 Å². The number of fused-ring (bicyclic) bond motifs is 3. The van der Waals surface area contributed by atoms with E-state index in [1.807, 2.05) is 53.1 Å². The van der Waals surface area contributed by atoms with Gasteiger partial charge in [-0.15, -0.1) is 0 Å². The molecule has 3 aliphatic rings. The van der Waals surface area contributed by atoms with Gasteiger partial charge in [-0.05, 0) is 53.4 Å². The average molecular weight is 526 g/mol. The van der Waals surface area contributed by atoms with E-state index in [0.29, 0.717) is 63.0 Å². The van der Waals surface area contributed by atoms with Crippen LogP contribution in [-0.4, -0.2) is 17.1 Å². The van der Waals surface area contributed by atoms with Gasteiger partial charge in [-0.3, -0.25) is 14.2 Å². The Labute approximate surface area is 224 Å². The molecule has 1 unspecified atom stereocenters. The van der Waals surface area contributed by atoms with E-state index in [1.54, 1.807) is 18.2 Å². The molecular weight excluding hydrogens is 502 g/mol. The van der Waals surface area contributed by atoms with Crippen molar-refractivity contribution in [3.05, 3.63) is 104 Å². The number of hydrogen-bond donors (Lipinski definition) is 0. The lowest BCUT2D eigenvalue weighted by Gasteiger charge is -2.39. The van der Waals surface area contributed by atoms with Crippen LogP contribution in [0.3, 0.4) is 0 Å². The molecule has 6 nitrogen and oxygen atoms in total. The second-order valence-corrected chi connectivity index (χ2v) is 11.2. The van der Waals surface area contributed by atoms with Crippen molar-refractivity contribution in [1.82, 2.24) is 4.57 Å². The number of Topliss-reactive ketones (excluding diaryl/α,β-unsaturated/α-hetero) is 1. The predicted molar refractivity (Wildman–Crippen MR) is 145 cm³/mol. The van der Waals surface area contributed by atoms with Gasteiger partial charge < -0.3 is 14.2 Å². The first-order valence-electron chi connectivity index (χ1n) is 12.6. The van der Waals surface area contributed by atoms with Crippen molar-refractivity contribution in [3.8, 4) is 23.1 Å². The molecule has 7 heteroatoms. The highest BCUT2D eigenvalue weighted by atomic mass is 35.5. The number of halogens is 1. The molecule has 7 rings (SSSR count). The molecule has 1 aromatic heterocycles. The summed E-state index contributed by atoms with van der Waals surface area (Å²) >= 11 is 6.42. The minimum absolute atomic E-state index is 0.00793. The zero-order valence-corrected chi connectivity index (χ0v) is 21.7. The summed E-state index contributed by atoms with van der Waals surface area (Å²) in [4.78, 5) is 28.0. The molecule has 0 saturated carbocycles. The van der Waals surface area contributed by atoms with Crippen LogP contribution >= 0.6 is 11.6 Å². The minimum Gasteiger partial charge on any atom is -0.454 e. The molecule has 1 atom stereocenters. The average Bonchev–Trinajstić information content (AvgIpc) is 3.35. The molecule has 2 aliphatic heterocycles. The van der Waals surface area contributed by atoms with Crippen molar-refractivity contribution in [1.29, 1.82) is 0 Å². The third kappa shape index (κ3) is 3.47. The highest BCUT2D eigenvalue weighted by molar-refractivity contribution is 6.31. The Morgan fingerprint density at radius 3 is 2.53 bits per heavy atom. The molecule has 1 aliphatic carbocycles. The van der Waals surface area contributed by atoms with Crippen LogP contribution in [0.15, 0.2) is 82.9 Å². The number of pyridine rings is 1. The summed E-state index contributed by atoms with van der Waals surface area (Å²) in [5.74, 6) is 1.62. The number of ketones is 1. The number of hydrogen-bond acceptors (Lipinski definition) is 5. The van der Waals surface area contributed by atoms with Crippen LogP contribution in [0.1, 0.15) is 43.7 Å². The van der Waals surface area contributed by atoms with E-state index in [4.69, 9.17) is 25.8 Å². The van der Waals surface area contributed by atoms with Crippen molar-refractivity contribution in [2.45, 2.75) is 32.6 Å². The molecule has 3 aromatic carbocycles. The molecule has 0 N–H and O–H groups in total. The second-order valence-electron chi connectivity index (χ2n) is 10.8. The van der Waals surface area contributed by atoms with Crippen LogP contribution in [0.2, 0.25) is 5.02 Å². The Hall–Kier alpha value is -4.03. The van der Waals surface area contributed by atoms with Gasteiger partial charge >= 0.3 is 0 Å². The number of carbonyl (C=O) groups is 1. The summed E-state index contributed by atoms with van der Waals surface area (Å²) in [6, 6.07) is 20.6. The standard InChI is InChI=1S/C31H24ClNO5/c1-31(2)14-22(34)27-25(15-31)38-30-28(26(27)17-8-11-23-24(12-17)37-16-36-23)29(35)20-10-9-18(32)13-21(20)33(30)19-6-4-3-5-7-19/h3-13,26H,14-16H2,1-2H3. The lowest BCUT2D eigenvalue weighted by Crippen LogP contribution is -2.36. The molecule has 38 heavy (non-hydrogen) atoms. The quantitative estimate of drug-likeness (QED) is 0.297. The fraction of sp³-hybridized carbons (Fsp3) is 0.226. The van der Waals surface area contributed by atoms with E-state index in [1.165, 1.54) is 0 Å². The van der Waals surface area contributed by atoms with Gasteiger partial charge in [0.15, 0.2) is 22.7 Å². The van der Waals surface area contributed by atoms with E-state index in [-0.39, 0.29) is 23.4 Å². The fourth-order valence-corrected chi connectivity index (χ4v) is 6.09. The number of ether oxygens (including phenoxy) is 3. The summed E-state index contributed by atoms with van der Waals surface area (Å²) in [6.45, 7) is 4.26. The fourth-order valence-electron chi connectivity index (χ4n) is 5.92. The summed E-state index contributed by atoms with van der Waals surface area (Å²) in [5, 5.41) is 1.01. The third-order valence-electron chi connectivity index (χ3n) is 7.54. The van der Waals surface area contributed by atoms with Crippen LogP contribution in [0, 0.1) is 5.41 Å². The van der Waals surface area contributed by atoms with Crippen molar-refractivity contribution < 1.29 is 19.0 Å².